The molecule has 3 aromatic rings. The maximum atomic E-state index is 13.9. The molecule has 0 saturated heterocycles. The predicted octanol–water partition coefficient (Wildman–Crippen LogP) is 5.61. The minimum atomic E-state index is -1.05. The van der Waals surface area contributed by atoms with Crippen molar-refractivity contribution in [3.05, 3.63) is 76.5 Å². The van der Waals surface area contributed by atoms with Crippen LogP contribution >= 0.6 is 11.6 Å². The topological polar surface area (TPSA) is 105 Å². The highest BCUT2D eigenvalue weighted by atomic mass is 35.5. The van der Waals surface area contributed by atoms with Crippen molar-refractivity contribution in [3.63, 3.8) is 0 Å². The number of rotatable bonds is 9. The van der Waals surface area contributed by atoms with Crippen LogP contribution in [-0.4, -0.2) is 28.4 Å². The number of para-hydroxylation sites is 1. The molecule has 1 heterocycles. The Balaban J connectivity index is 2.01. The SMILES string of the molecule is CCc1ccccc1N(C(=O)CCC(=O)Nc1cc(C)on1)[C@@H](C(=O)NC(C)(C)C)c1ccccc1Cl. The van der Waals surface area contributed by atoms with Gasteiger partial charge < -0.3 is 15.2 Å². The normalized spacial score (nSPS) is 12.1. The van der Waals surface area contributed by atoms with Crippen LogP contribution in [0, 0.1) is 6.92 Å². The Labute approximate surface area is 222 Å². The number of anilines is 2. The zero-order valence-electron chi connectivity index (χ0n) is 21.8. The molecule has 1 aromatic heterocycles. The van der Waals surface area contributed by atoms with Crippen molar-refractivity contribution in [1.29, 1.82) is 0 Å². The van der Waals surface area contributed by atoms with Gasteiger partial charge in [0.15, 0.2) is 5.82 Å². The van der Waals surface area contributed by atoms with E-state index >= 15 is 0 Å². The zero-order valence-corrected chi connectivity index (χ0v) is 22.6. The van der Waals surface area contributed by atoms with E-state index in [9.17, 15) is 14.4 Å². The van der Waals surface area contributed by atoms with Gasteiger partial charge in [0.2, 0.25) is 17.7 Å². The number of carbonyl (C=O) groups excluding carboxylic acids is 3. The Kier molecular flexibility index (Phi) is 9.10. The van der Waals surface area contributed by atoms with Crippen LogP contribution in [0.25, 0.3) is 0 Å². The van der Waals surface area contributed by atoms with Gasteiger partial charge in [-0.1, -0.05) is 60.1 Å². The molecule has 2 N–H and O–H groups in total. The van der Waals surface area contributed by atoms with E-state index in [0.29, 0.717) is 28.5 Å². The largest absolute Gasteiger partial charge is 0.360 e. The Morgan fingerprint density at radius 1 is 1.05 bits per heavy atom. The number of aryl methyl sites for hydroxylation is 2. The maximum Gasteiger partial charge on any atom is 0.248 e. The number of hydrogen-bond donors (Lipinski definition) is 2. The number of aromatic nitrogens is 1. The first-order chi connectivity index (χ1) is 17.5. The van der Waals surface area contributed by atoms with E-state index in [1.807, 2.05) is 52.0 Å². The number of halogens is 1. The number of amides is 3. The molecule has 3 amide bonds. The van der Waals surface area contributed by atoms with Crippen LogP contribution < -0.4 is 15.5 Å². The molecule has 0 fully saturated rings. The lowest BCUT2D eigenvalue weighted by molar-refractivity contribution is -0.128. The average molecular weight is 525 g/mol. The summed E-state index contributed by atoms with van der Waals surface area (Å²) in [5.41, 5.74) is 1.42. The van der Waals surface area contributed by atoms with Crippen molar-refractivity contribution in [2.24, 2.45) is 0 Å². The Bertz CT molecular complexity index is 1260. The third kappa shape index (κ3) is 7.43. The fourth-order valence-corrected chi connectivity index (χ4v) is 4.21. The molecule has 0 saturated carbocycles. The summed E-state index contributed by atoms with van der Waals surface area (Å²) in [6.07, 6.45) is 0.401. The van der Waals surface area contributed by atoms with Crippen LogP contribution in [0.4, 0.5) is 11.5 Å². The number of hydrogen-bond acceptors (Lipinski definition) is 5. The second-order valence-electron chi connectivity index (χ2n) is 9.78. The minimum Gasteiger partial charge on any atom is -0.360 e. The molecule has 196 valence electrons. The first kappa shape index (κ1) is 27.9. The lowest BCUT2D eigenvalue weighted by atomic mass is 9.98. The second kappa shape index (κ2) is 12.1. The molecular weight excluding hydrogens is 492 g/mol. The van der Waals surface area contributed by atoms with Crippen molar-refractivity contribution >= 4 is 40.8 Å². The second-order valence-corrected chi connectivity index (χ2v) is 10.2. The first-order valence-corrected chi connectivity index (χ1v) is 12.6. The van der Waals surface area contributed by atoms with Crippen molar-refractivity contribution < 1.29 is 18.9 Å². The summed E-state index contributed by atoms with van der Waals surface area (Å²) in [6, 6.07) is 15.0. The molecule has 3 rings (SSSR count). The third-order valence-electron chi connectivity index (χ3n) is 5.57. The molecule has 8 nitrogen and oxygen atoms in total. The van der Waals surface area contributed by atoms with E-state index in [1.165, 1.54) is 4.90 Å². The minimum absolute atomic E-state index is 0.105. The standard InChI is InChI=1S/C28H33ClN4O4/c1-6-19-11-7-10-14-22(19)33(25(35)16-15-24(34)30-23-17-18(2)37-32-23)26(27(36)31-28(3,4)5)20-12-8-9-13-21(20)29/h7-14,17,26H,6,15-16H2,1-5H3,(H,31,36)(H,30,32,34)/t26-/m1/s1. The van der Waals surface area contributed by atoms with Gasteiger partial charge in [0.1, 0.15) is 11.8 Å². The van der Waals surface area contributed by atoms with Crippen LogP contribution in [0.2, 0.25) is 5.02 Å². The van der Waals surface area contributed by atoms with Gasteiger partial charge in [0, 0.05) is 40.7 Å². The molecular formula is C28H33ClN4O4. The van der Waals surface area contributed by atoms with Crippen molar-refractivity contribution in [2.75, 3.05) is 10.2 Å². The number of nitrogens with zero attached hydrogens (tertiary/aromatic N) is 2. The lowest BCUT2D eigenvalue weighted by Gasteiger charge is -2.35. The fraction of sp³-hybridized carbons (Fsp3) is 0.357. The molecule has 9 heteroatoms. The number of carbonyl (C=O) groups is 3. The van der Waals surface area contributed by atoms with E-state index < -0.39 is 11.6 Å². The van der Waals surface area contributed by atoms with Gasteiger partial charge in [-0.25, -0.2) is 0 Å². The summed E-state index contributed by atoms with van der Waals surface area (Å²) in [6.45, 7) is 9.31. The highest BCUT2D eigenvalue weighted by Gasteiger charge is 2.36. The predicted molar refractivity (Wildman–Crippen MR) is 144 cm³/mol. The maximum absolute atomic E-state index is 13.9. The van der Waals surface area contributed by atoms with Crippen LogP contribution in [0.3, 0.4) is 0 Å². The molecule has 0 bridgehead atoms. The van der Waals surface area contributed by atoms with Gasteiger partial charge in [-0.2, -0.15) is 0 Å². The summed E-state index contributed by atoms with van der Waals surface area (Å²) in [5, 5.41) is 9.74. The first-order valence-electron chi connectivity index (χ1n) is 12.2. The zero-order chi connectivity index (χ0) is 27.2. The Morgan fingerprint density at radius 2 is 1.73 bits per heavy atom. The van der Waals surface area contributed by atoms with Crippen LogP contribution in [0.1, 0.15) is 63.5 Å². The molecule has 0 radical (unpaired) electrons. The van der Waals surface area contributed by atoms with Gasteiger partial charge in [-0.05, 0) is 51.8 Å². The monoisotopic (exact) mass is 524 g/mol. The van der Waals surface area contributed by atoms with Crippen LogP contribution in [0.5, 0.6) is 0 Å². The lowest BCUT2D eigenvalue weighted by Crippen LogP contribution is -2.50. The van der Waals surface area contributed by atoms with Crippen LogP contribution in [-0.2, 0) is 20.8 Å². The molecule has 0 aliphatic rings. The van der Waals surface area contributed by atoms with E-state index in [-0.39, 0.29) is 36.4 Å². The molecule has 2 aromatic carbocycles. The summed E-state index contributed by atoms with van der Waals surface area (Å²) >= 11 is 6.57. The summed E-state index contributed by atoms with van der Waals surface area (Å²) in [7, 11) is 0. The quantitative estimate of drug-likeness (QED) is 0.378. The van der Waals surface area contributed by atoms with Crippen molar-refractivity contribution in [1.82, 2.24) is 10.5 Å². The van der Waals surface area contributed by atoms with Gasteiger partial charge in [-0.3, -0.25) is 19.3 Å². The molecule has 0 unspecified atom stereocenters. The summed E-state index contributed by atoms with van der Waals surface area (Å²) in [4.78, 5) is 41.6. The highest BCUT2D eigenvalue weighted by Crippen LogP contribution is 2.35. The van der Waals surface area contributed by atoms with E-state index in [1.54, 1.807) is 37.3 Å². The molecule has 0 spiro atoms. The molecule has 37 heavy (non-hydrogen) atoms. The van der Waals surface area contributed by atoms with Gasteiger partial charge in [0.05, 0.1) is 0 Å². The highest BCUT2D eigenvalue weighted by molar-refractivity contribution is 6.31. The summed E-state index contributed by atoms with van der Waals surface area (Å²) in [5.74, 6) is -0.314. The average Bonchev–Trinajstić information content (AvgIpc) is 3.24. The smallest absolute Gasteiger partial charge is 0.248 e. The molecule has 0 aliphatic carbocycles. The van der Waals surface area contributed by atoms with E-state index in [0.717, 1.165) is 5.56 Å². The Hall–Kier alpha value is -3.65. The number of nitrogens with one attached hydrogen (secondary N) is 2. The van der Waals surface area contributed by atoms with Crippen LogP contribution in [0.15, 0.2) is 59.1 Å². The summed E-state index contributed by atoms with van der Waals surface area (Å²) < 4.78 is 4.97. The number of benzene rings is 2. The van der Waals surface area contributed by atoms with Crippen molar-refractivity contribution in [3.8, 4) is 0 Å². The fourth-order valence-electron chi connectivity index (χ4n) is 3.97. The van der Waals surface area contributed by atoms with E-state index in [2.05, 4.69) is 15.8 Å². The van der Waals surface area contributed by atoms with E-state index in [4.69, 9.17) is 16.1 Å². The van der Waals surface area contributed by atoms with Gasteiger partial charge in [0.25, 0.3) is 0 Å². The van der Waals surface area contributed by atoms with Gasteiger partial charge in [-0.15, -0.1) is 0 Å². The molecule has 0 aliphatic heterocycles. The van der Waals surface area contributed by atoms with Crippen molar-refractivity contribution in [2.45, 2.75) is 65.5 Å². The van der Waals surface area contributed by atoms with Gasteiger partial charge >= 0.3 is 0 Å². The Morgan fingerprint density at radius 3 is 2.35 bits per heavy atom. The third-order valence-corrected chi connectivity index (χ3v) is 5.91. The molecule has 1 atom stereocenters.